The van der Waals surface area contributed by atoms with Crippen LogP contribution in [0.1, 0.15) is 27.5 Å². The molecule has 164 valence electrons. The van der Waals surface area contributed by atoms with Crippen LogP contribution in [0.4, 0.5) is 19.0 Å². The molecule has 0 saturated carbocycles. The summed E-state index contributed by atoms with van der Waals surface area (Å²) in [5, 5.41) is 5.33. The minimum absolute atomic E-state index is 0.0524. The van der Waals surface area contributed by atoms with Gasteiger partial charge in [0.25, 0.3) is 5.91 Å². The standard InChI is InChI=1S/C22H18F3N5O2/c1-29(18-9-32-8-14-10(18)3-4-15(23)19(14)25)22(31)12-5-11-13-7-27-30(2)20(13)21(26)28-17(11)6-16(12)24/h3-7,18H,8-9H2,1-2H3,(H2,26,28)/t18-/m1/s1. The van der Waals surface area contributed by atoms with E-state index in [4.69, 9.17) is 10.5 Å². The molecular weight excluding hydrogens is 423 g/mol. The number of carbonyl (C=O) groups is 1. The number of fused-ring (bicyclic) bond motifs is 4. The maximum absolute atomic E-state index is 15.0. The second-order valence-electron chi connectivity index (χ2n) is 7.75. The first-order valence-corrected chi connectivity index (χ1v) is 9.80. The summed E-state index contributed by atoms with van der Waals surface area (Å²) in [5.41, 5.74) is 7.15. The number of carbonyl (C=O) groups excluding carboxylic acids is 1. The van der Waals surface area contributed by atoms with Crippen LogP contribution in [0.15, 0.2) is 30.5 Å². The monoisotopic (exact) mass is 441 g/mol. The molecule has 0 fully saturated rings. The first-order valence-electron chi connectivity index (χ1n) is 9.80. The van der Waals surface area contributed by atoms with E-state index in [1.165, 1.54) is 24.1 Å². The molecule has 0 aliphatic carbocycles. The Bertz CT molecular complexity index is 1420. The Morgan fingerprint density at radius 1 is 1.22 bits per heavy atom. The zero-order valence-electron chi connectivity index (χ0n) is 17.2. The van der Waals surface area contributed by atoms with Crippen molar-refractivity contribution in [3.05, 3.63) is 64.6 Å². The quantitative estimate of drug-likeness (QED) is 0.515. The third kappa shape index (κ3) is 2.90. The molecule has 2 aromatic heterocycles. The molecule has 10 heteroatoms. The Kier molecular flexibility index (Phi) is 4.55. The zero-order chi connectivity index (χ0) is 22.7. The second kappa shape index (κ2) is 7.20. The van der Waals surface area contributed by atoms with Crippen LogP contribution in [0.2, 0.25) is 0 Å². The van der Waals surface area contributed by atoms with Crippen LogP contribution in [0.5, 0.6) is 0 Å². The molecule has 2 aromatic carbocycles. The number of rotatable bonds is 2. The number of aromatic nitrogens is 3. The van der Waals surface area contributed by atoms with Crippen molar-refractivity contribution in [1.29, 1.82) is 0 Å². The van der Waals surface area contributed by atoms with Crippen LogP contribution < -0.4 is 5.73 Å². The summed E-state index contributed by atoms with van der Waals surface area (Å²) in [5.74, 6) is -3.20. The average molecular weight is 441 g/mol. The minimum Gasteiger partial charge on any atom is -0.382 e. The average Bonchev–Trinajstić information content (AvgIpc) is 3.17. The number of nitrogens with two attached hydrogens (primary N) is 1. The highest BCUT2D eigenvalue weighted by Gasteiger charge is 2.32. The number of benzene rings is 2. The van der Waals surface area contributed by atoms with Gasteiger partial charge in [-0.3, -0.25) is 9.48 Å². The van der Waals surface area contributed by atoms with E-state index in [1.54, 1.807) is 17.9 Å². The molecule has 32 heavy (non-hydrogen) atoms. The van der Waals surface area contributed by atoms with Gasteiger partial charge in [-0.05, 0) is 17.7 Å². The van der Waals surface area contributed by atoms with E-state index in [9.17, 15) is 18.0 Å². The normalized spacial score (nSPS) is 15.8. The number of ether oxygens (including phenoxy) is 1. The summed E-state index contributed by atoms with van der Waals surface area (Å²) in [6, 6.07) is 4.29. The van der Waals surface area contributed by atoms with Crippen molar-refractivity contribution in [2.45, 2.75) is 12.6 Å². The third-order valence-corrected chi connectivity index (χ3v) is 5.93. The van der Waals surface area contributed by atoms with Crippen LogP contribution in [-0.2, 0) is 18.4 Å². The van der Waals surface area contributed by atoms with E-state index in [1.807, 2.05) is 0 Å². The lowest BCUT2D eigenvalue weighted by atomic mass is 9.96. The Labute approximate surface area is 180 Å². The first kappa shape index (κ1) is 20.3. The maximum Gasteiger partial charge on any atom is 0.257 e. The van der Waals surface area contributed by atoms with Crippen molar-refractivity contribution in [3.8, 4) is 0 Å². The van der Waals surface area contributed by atoms with E-state index < -0.39 is 29.4 Å². The van der Waals surface area contributed by atoms with Crippen LogP contribution in [0, 0.1) is 17.5 Å². The highest BCUT2D eigenvalue weighted by atomic mass is 19.2. The fraction of sp³-hybridized carbons (Fsp3) is 0.227. The van der Waals surface area contributed by atoms with E-state index in [-0.39, 0.29) is 30.2 Å². The van der Waals surface area contributed by atoms with E-state index in [0.29, 0.717) is 27.4 Å². The minimum atomic E-state index is -1.01. The Morgan fingerprint density at radius 3 is 2.78 bits per heavy atom. The van der Waals surface area contributed by atoms with Crippen molar-refractivity contribution in [2.24, 2.45) is 7.05 Å². The smallest absolute Gasteiger partial charge is 0.257 e. The number of hydrogen-bond donors (Lipinski definition) is 1. The zero-order valence-corrected chi connectivity index (χ0v) is 17.2. The van der Waals surface area contributed by atoms with E-state index >= 15 is 0 Å². The van der Waals surface area contributed by atoms with E-state index in [2.05, 4.69) is 10.1 Å². The molecule has 1 amide bonds. The largest absolute Gasteiger partial charge is 0.382 e. The van der Waals surface area contributed by atoms with Gasteiger partial charge in [0.05, 0.1) is 36.5 Å². The fourth-order valence-electron chi connectivity index (χ4n) is 4.24. The molecule has 0 bridgehead atoms. The van der Waals surface area contributed by atoms with Gasteiger partial charge in [0, 0.05) is 36.5 Å². The molecule has 0 radical (unpaired) electrons. The Hall–Kier alpha value is -3.66. The number of anilines is 1. The molecular formula is C22H18F3N5O2. The summed E-state index contributed by atoms with van der Waals surface area (Å²) in [6.07, 6.45) is 1.58. The van der Waals surface area contributed by atoms with Crippen molar-refractivity contribution < 1.29 is 22.7 Å². The lowest BCUT2D eigenvalue weighted by Gasteiger charge is -2.33. The predicted molar refractivity (Wildman–Crippen MR) is 111 cm³/mol. The van der Waals surface area contributed by atoms with Gasteiger partial charge in [0.15, 0.2) is 11.6 Å². The topological polar surface area (TPSA) is 86.3 Å². The number of aryl methyl sites for hydroxylation is 1. The third-order valence-electron chi connectivity index (χ3n) is 5.93. The molecule has 7 nitrogen and oxygen atoms in total. The number of likely N-dealkylation sites (N-methyl/N-ethyl adjacent to an activating group) is 1. The lowest BCUT2D eigenvalue weighted by molar-refractivity contribution is 0.0327. The van der Waals surface area contributed by atoms with Crippen molar-refractivity contribution in [2.75, 3.05) is 19.4 Å². The molecule has 2 N–H and O–H groups in total. The summed E-state index contributed by atoms with van der Waals surface area (Å²) < 4.78 is 49.8. The van der Waals surface area contributed by atoms with Crippen molar-refractivity contribution in [3.63, 3.8) is 0 Å². The maximum atomic E-state index is 15.0. The Balaban J connectivity index is 1.60. The SMILES string of the molecule is CN(C(=O)c1cc2c(cc1F)nc(N)c1c2cnn1C)[C@@H]1COCc2c1ccc(F)c2F. The summed E-state index contributed by atoms with van der Waals surface area (Å²) >= 11 is 0. The van der Waals surface area contributed by atoms with Gasteiger partial charge in [-0.1, -0.05) is 6.07 Å². The van der Waals surface area contributed by atoms with Crippen LogP contribution >= 0.6 is 0 Å². The lowest BCUT2D eigenvalue weighted by Crippen LogP contribution is -2.37. The number of nitrogen functional groups attached to an aromatic ring is 1. The summed E-state index contributed by atoms with van der Waals surface area (Å²) in [4.78, 5) is 18.8. The first-order chi connectivity index (χ1) is 15.3. The molecule has 5 rings (SSSR count). The van der Waals surface area contributed by atoms with Crippen LogP contribution in [0.25, 0.3) is 21.8 Å². The van der Waals surface area contributed by atoms with Gasteiger partial charge in [0.1, 0.15) is 17.2 Å². The van der Waals surface area contributed by atoms with Gasteiger partial charge in [-0.2, -0.15) is 5.10 Å². The molecule has 1 aliphatic rings. The molecule has 3 heterocycles. The number of pyridine rings is 1. The highest BCUT2D eigenvalue weighted by Crippen LogP contribution is 2.34. The molecule has 0 unspecified atom stereocenters. The number of hydrogen-bond acceptors (Lipinski definition) is 5. The predicted octanol–water partition coefficient (Wildman–Crippen LogP) is 3.46. The number of nitrogens with zero attached hydrogens (tertiary/aromatic N) is 4. The van der Waals surface area contributed by atoms with Crippen molar-refractivity contribution >= 4 is 33.5 Å². The van der Waals surface area contributed by atoms with Gasteiger partial charge in [0.2, 0.25) is 0 Å². The second-order valence-corrected chi connectivity index (χ2v) is 7.75. The summed E-state index contributed by atoms with van der Waals surface area (Å²) in [7, 11) is 3.18. The molecule has 1 atom stereocenters. The van der Waals surface area contributed by atoms with Gasteiger partial charge < -0.3 is 15.4 Å². The van der Waals surface area contributed by atoms with Gasteiger partial charge in [-0.25, -0.2) is 18.2 Å². The molecule has 0 saturated heterocycles. The fourth-order valence-corrected chi connectivity index (χ4v) is 4.24. The highest BCUT2D eigenvalue weighted by molar-refractivity contribution is 6.10. The van der Waals surface area contributed by atoms with Crippen LogP contribution in [0.3, 0.4) is 0 Å². The van der Waals surface area contributed by atoms with Crippen LogP contribution in [-0.4, -0.2) is 39.2 Å². The molecule has 4 aromatic rings. The Morgan fingerprint density at radius 2 is 2.00 bits per heavy atom. The molecule has 1 aliphatic heterocycles. The summed E-state index contributed by atoms with van der Waals surface area (Å²) in [6.45, 7) is -0.0334. The van der Waals surface area contributed by atoms with Gasteiger partial charge in [-0.15, -0.1) is 0 Å². The van der Waals surface area contributed by atoms with E-state index in [0.717, 1.165) is 12.1 Å². The van der Waals surface area contributed by atoms with Gasteiger partial charge >= 0.3 is 0 Å². The van der Waals surface area contributed by atoms with Crippen molar-refractivity contribution in [1.82, 2.24) is 19.7 Å². The number of halogens is 3. The molecule has 0 spiro atoms. The number of amides is 1.